The number of rotatable bonds is 9. The summed E-state index contributed by atoms with van der Waals surface area (Å²) in [4.78, 5) is -0.912. The van der Waals surface area contributed by atoms with Gasteiger partial charge in [-0.15, -0.1) is 0 Å². The minimum atomic E-state index is -4.25. The fourth-order valence-corrected chi connectivity index (χ4v) is 7.49. The van der Waals surface area contributed by atoms with Crippen molar-refractivity contribution in [1.29, 1.82) is 0 Å². The van der Waals surface area contributed by atoms with E-state index in [0.717, 1.165) is 75.3 Å². The lowest BCUT2D eigenvalue weighted by molar-refractivity contribution is 0.252. The van der Waals surface area contributed by atoms with E-state index in [1.54, 1.807) is 12.1 Å². The van der Waals surface area contributed by atoms with Crippen LogP contribution in [0.3, 0.4) is 0 Å². The van der Waals surface area contributed by atoms with E-state index < -0.39 is 26.6 Å². The van der Waals surface area contributed by atoms with Crippen LogP contribution in [0.15, 0.2) is 71.6 Å². The van der Waals surface area contributed by atoms with Crippen LogP contribution in [0.5, 0.6) is 0 Å². The van der Waals surface area contributed by atoms with Gasteiger partial charge in [-0.3, -0.25) is 0 Å². The normalized spacial score (nSPS) is 23.4. The first-order valence-electron chi connectivity index (χ1n) is 13.8. The Morgan fingerprint density at radius 3 is 2.13 bits per heavy atom. The van der Waals surface area contributed by atoms with Crippen molar-refractivity contribution in [3.8, 4) is 0 Å². The third kappa shape index (κ3) is 6.73. The minimum Gasteiger partial charge on any atom is -0.313 e. The molecule has 2 atom stereocenters. The van der Waals surface area contributed by atoms with Crippen molar-refractivity contribution >= 4 is 10.0 Å². The van der Waals surface area contributed by atoms with Crippen LogP contribution >= 0.6 is 0 Å². The number of benzene rings is 3. The van der Waals surface area contributed by atoms with Crippen LogP contribution in [0.1, 0.15) is 54.7 Å². The topological polar surface area (TPSA) is 58.2 Å². The van der Waals surface area contributed by atoms with Crippen molar-refractivity contribution in [2.24, 2.45) is 11.8 Å². The third-order valence-electron chi connectivity index (χ3n) is 8.40. The van der Waals surface area contributed by atoms with Crippen LogP contribution in [0.4, 0.5) is 13.2 Å². The van der Waals surface area contributed by atoms with Gasteiger partial charge in [0.05, 0.1) is 0 Å². The summed E-state index contributed by atoms with van der Waals surface area (Å²) in [5.41, 5.74) is 3.60. The molecule has 0 spiro atoms. The highest BCUT2D eigenvalue weighted by molar-refractivity contribution is 7.89. The average Bonchev–Trinajstić information content (AvgIpc) is 2.92. The van der Waals surface area contributed by atoms with Crippen molar-refractivity contribution in [3.05, 3.63) is 101 Å². The van der Waals surface area contributed by atoms with E-state index in [1.165, 1.54) is 11.1 Å². The van der Waals surface area contributed by atoms with Gasteiger partial charge in [0, 0.05) is 18.5 Å². The molecule has 0 bridgehead atoms. The molecule has 0 aromatic heterocycles. The zero-order chi connectivity index (χ0) is 27.4. The number of nitrogens with one attached hydrogen (secondary N) is 2. The Kier molecular flexibility index (Phi) is 8.74. The van der Waals surface area contributed by atoms with Crippen molar-refractivity contribution in [2.45, 2.75) is 61.8 Å². The van der Waals surface area contributed by atoms with Crippen LogP contribution in [-0.4, -0.2) is 27.5 Å². The van der Waals surface area contributed by atoms with E-state index >= 15 is 0 Å². The molecule has 0 heterocycles. The first-order chi connectivity index (χ1) is 18.8. The Morgan fingerprint density at radius 1 is 0.769 bits per heavy atom. The quantitative estimate of drug-likeness (QED) is 0.334. The van der Waals surface area contributed by atoms with E-state index in [4.69, 9.17) is 0 Å². The van der Waals surface area contributed by atoms with Gasteiger partial charge in [0.25, 0.3) is 0 Å². The second-order valence-electron chi connectivity index (χ2n) is 11.0. The summed E-state index contributed by atoms with van der Waals surface area (Å²) in [5, 5.41) is 3.83. The van der Waals surface area contributed by atoms with Crippen molar-refractivity contribution in [3.63, 3.8) is 0 Å². The summed E-state index contributed by atoms with van der Waals surface area (Å²) in [5.74, 6) is -1.48. The Hall–Kier alpha value is -2.68. The van der Waals surface area contributed by atoms with E-state index in [9.17, 15) is 21.6 Å². The highest BCUT2D eigenvalue weighted by Gasteiger charge is 2.31. The Bertz CT molecular complexity index is 1360. The van der Waals surface area contributed by atoms with Crippen molar-refractivity contribution in [1.82, 2.24) is 10.0 Å². The molecule has 8 heteroatoms. The van der Waals surface area contributed by atoms with Gasteiger partial charge >= 0.3 is 0 Å². The first kappa shape index (κ1) is 27.9. The molecule has 0 radical (unpaired) electrons. The second kappa shape index (κ2) is 12.2. The zero-order valence-corrected chi connectivity index (χ0v) is 22.7. The number of hydrogen-bond acceptors (Lipinski definition) is 3. The molecule has 4 nitrogen and oxygen atoms in total. The summed E-state index contributed by atoms with van der Waals surface area (Å²) < 4.78 is 69.3. The third-order valence-corrected chi connectivity index (χ3v) is 9.87. The molecule has 3 aromatic carbocycles. The Morgan fingerprint density at radius 2 is 1.44 bits per heavy atom. The fraction of sp³-hybridized carbons (Fsp3) is 0.419. The highest BCUT2D eigenvalue weighted by atomic mass is 32.2. The molecule has 5 rings (SSSR count). The number of hydrogen-bond donors (Lipinski definition) is 2. The number of fused-ring (bicyclic) bond motifs is 1. The summed E-state index contributed by atoms with van der Waals surface area (Å²) in [7, 11) is -4.25. The monoisotopic (exact) mass is 556 g/mol. The molecule has 2 unspecified atom stereocenters. The van der Waals surface area contributed by atoms with Crippen LogP contribution in [-0.2, 0) is 22.9 Å². The standard InChI is InChI=1S/C31H35F3N2O2S/c32-25-14-15-26-24(18-25)13-16-30(27(26)17-21-5-2-1-3-6-21)35-19-22-9-11-23(12-10-22)20-36-39(37,38)31-28(33)7-4-8-29(31)34/h1-8,14-15,18,22-23,27,30,35-36H,9-13,16-17,19-20H2. The number of halogens is 3. The molecule has 39 heavy (non-hydrogen) atoms. The van der Waals surface area contributed by atoms with E-state index in [1.807, 2.05) is 12.1 Å². The maximum absolute atomic E-state index is 14.0. The molecule has 208 valence electrons. The van der Waals surface area contributed by atoms with Crippen LogP contribution < -0.4 is 10.0 Å². The lowest BCUT2D eigenvalue weighted by atomic mass is 9.75. The minimum absolute atomic E-state index is 0.133. The average molecular weight is 557 g/mol. The molecule has 0 saturated heterocycles. The SMILES string of the molecule is O=S(=O)(NCC1CCC(CNC2CCc3cc(F)ccc3C2Cc2ccccc2)CC1)c1c(F)cccc1F. The van der Waals surface area contributed by atoms with E-state index in [2.05, 4.69) is 34.3 Å². The fourth-order valence-electron chi connectivity index (χ4n) is 6.24. The molecule has 2 aliphatic rings. The molecular formula is C31H35F3N2O2S. The van der Waals surface area contributed by atoms with Crippen LogP contribution in [0, 0.1) is 29.3 Å². The largest absolute Gasteiger partial charge is 0.313 e. The molecule has 0 aliphatic heterocycles. The molecule has 1 saturated carbocycles. The molecular weight excluding hydrogens is 521 g/mol. The molecule has 1 fully saturated rings. The van der Waals surface area contributed by atoms with Gasteiger partial charge < -0.3 is 5.32 Å². The van der Waals surface area contributed by atoms with Gasteiger partial charge in [-0.2, -0.15) is 0 Å². The highest BCUT2D eigenvalue weighted by Crippen LogP contribution is 2.36. The van der Waals surface area contributed by atoms with Gasteiger partial charge in [0.2, 0.25) is 10.0 Å². The van der Waals surface area contributed by atoms with Gasteiger partial charge in [-0.05, 0) is 104 Å². The molecule has 3 aromatic rings. The summed E-state index contributed by atoms with van der Waals surface area (Å²) >= 11 is 0. The molecule has 2 N–H and O–H groups in total. The Labute approximate surface area is 229 Å². The number of sulfonamides is 1. The molecule has 2 aliphatic carbocycles. The maximum Gasteiger partial charge on any atom is 0.246 e. The van der Waals surface area contributed by atoms with Gasteiger partial charge in [-0.1, -0.05) is 42.5 Å². The van der Waals surface area contributed by atoms with E-state index in [0.29, 0.717) is 12.0 Å². The van der Waals surface area contributed by atoms with Gasteiger partial charge in [-0.25, -0.2) is 26.3 Å². The molecule has 0 amide bonds. The predicted molar refractivity (Wildman–Crippen MR) is 146 cm³/mol. The summed E-state index contributed by atoms with van der Waals surface area (Å²) in [6, 6.07) is 18.9. The van der Waals surface area contributed by atoms with E-state index in [-0.39, 0.29) is 24.2 Å². The van der Waals surface area contributed by atoms with Crippen LogP contribution in [0.25, 0.3) is 0 Å². The van der Waals surface area contributed by atoms with Crippen molar-refractivity contribution < 1.29 is 21.6 Å². The maximum atomic E-state index is 14.0. The number of aryl methyl sites for hydroxylation is 1. The Balaban J connectivity index is 1.15. The smallest absolute Gasteiger partial charge is 0.246 e. The lowest BCUT2D eigenvalue weighted by Gasteiger charge is -2.36. The lowest BCUT2D eigenvalue weighted by Crippen LogP contribution is -2.42. The summed E-state index contributed by atoms with van der Waals surface area (Å²) in [6.45, 7) is 1.05. The summed E-state index contributed by atoms with van der Waals surface area (Å²) in [6.07, 6.45) is 6.34. The predicted octanol–water partition coefficient (Wildman–Crippen LogP) is 6.12. The van der Waals surface area contributed by atoms with Gasteiger partial charge in [0.1, 0.15) is 17.5 Å². The van der Waals surface area contributed by atoms with Crippen LogP contribution in [0.2, 0.25) is 0 Å². The first-order valence-corrected chi connectivity index (χ1v) is 15.3. The second-order valence-corrected chi connectivity index (χ2v) is 12.7. The van der Waals surface area contributed by atoms with Gasteiger partial charge in [0.15, 0.2) is 4.90 Å². The van der Waals surface area contributed by atoms with Crippen molar-refractivity contribution in [2.75, 3.05) is 13.1 Å². The zero-order valence-electron chi connectivity index (χ0n) is 21.9.